The number of aryl methyl sites for hydroxylation is 2. The molecular weight excluding hydrogens is 356 g/mol. The van der Waals surface area contributed by atoms with Gasteiger partial charge in [0.15, 0.2) is 11.8 Å². The maximum Gasteiger partial charge on any atom is 0.191 e. The van der Waals surface area contributed by atoms with Crippen LogP contribution in [0, 0.1) is 13.8 Å². The quantitative estimate of drug-likeness (QED) is 0.393. The topological polar surface area (TPSA) is 67.1 Å². The Balaban J connectivity index is 1.98. The molecule has 1 unspecified atom stereocenters. The third kappa shape index (κ3) is 6.90. The van der Waals surface area contributed by atoms with E-state index in [9.17, 15) is 0 Å². The fraction of sp³-hybridized carbons (Fsp3) is 0.550. The monoisotopic (exact) mass is 388 g/mol. The maximum absolute atomic E-state index is 4.71. The maximum atomic E-state index is 4.71. The minimum Gasteiger partial charge on any atom is -0.356 e. The highest BCUT2D eigenvalue weighted by atomic mass is 32.2. The first-order valence-corrected chi connectivity index (χ1v) is 10.8. The molecule has 0 amide bonds. The second-order valence-electron chi connectivity index (χ2n) is 6.86. The Kier molecular flexibility index (Phi) is 8.64. The summed E-state index contributed by atoms with van der Waals surface area (Å²) < 4.78 is 1.98. The summed E-state index contributed by atoms with van der Waals surface area (Å²) >= 11 is 1.86. The fourth-order valence-corrected chi connectivity index (χ4v) is 3.11. The van der Waals surface area contributed by atoms with Crippen molar-refractivity contribution in [3.8, 4) is 0 Å². The predicted octanol–water partition coefficient (Wildman–Crippen LogP) is 3.02. The van der Waals surface area contributed by atoms with Crippen molar-refractivity contribution in [2.45, 2.75) is 39.7 Å². The summed E-state index contributed by atoms with van der Waals surface area (Å²) in [5.41, 5.74) is 2.63. The van der Waals surface area contributed by atoms with E-state index in [0.29, 0.717) is 12.5 Å². The molecule has 1 aromatic carbocycles. The van der Waals surface area contributed by atoms with Crippen LogP contribution in [0.2, 0.25) is 0 Å². The van der Waals surface area contributed by atoms with E-state index in [1.54, 1.807) is 0 Å². The molecule has 27 heavy (non-hydrogen) atoms. The lowest BCUT2D eigenvalue weighted by atomic mass is 9.99. The van der Waals surface area contributed by atoms with E-state index in [0.717, 1.165) is 42.9 Å². The molecule has 0 aliphatic heterocycles. The van der Waals surface area contributed by atoms with Gasteiger partial charge in [-0.2, -0.15) is 11.8 Å². The van der Waals surface area contributed by atoms with E-state index in [1.165, 1.54) is 11.1 Å². The predicted molar refractivity (Wildman–Crippen MR) is 115 cm³/mol. The van der Waals surface area contributed by atoms with Crippen LogP contribution in [0.25, 0.3) is 0 Å². The number of nitrogens with zero attached hydrogens (tertiary/aromatic N) is 4. The van der Waals surface area contributed by atoms with Crippen molar-refractivity contribution in [1.29, 1.82) is 0 Å². The third-order valence-electron chi connectivity index (χ3n) is 4.57. The van der Waals surface area contributed by atoms with Gasteiger partial charge in [0, 0.05) is 20.1 Å². The van der Waals surface area contributed by atoms with Gasteiger partial charge in [0.2, 0.25) is 0 Å². The molecule has 2 rings (SSSR count). The molecule has 6 nitrogen and oxygen atoms in total. The smallest absolute Gasteiger partial charge is 0.191 e. The molecule has 7 heteroatoms. The van der Waals surface area contributed by atoms with Gasteiger partial charge >= 0.3 is 0 Å². The lowest BCUT2D eigenvalue weighted by Gasteiger charge is -2.17. The standard InChI is InChI=1S/C20H32N6S/c1-15-8-6-9-18(12-15)16(2)13-22-20(21-10-7-11-27-5)23-14-19-25-24-17(3)26(19)4/h6,8-9,12,16H,7,10-11,13-14H2,1-5H3,(H2,21,22,23). The van der Waals surface area contributed by atoms with Crippen LogP contribution in [-0.4, -0.2) is 45.8 Å². The summed E-state index contributed by atoms with van der Waals surface area (Å²) in [4.78, 5) is 4.71. The number of aromatic nitrogens is 3. The van der Waals surface area contributed by atoms with Crippen molar-refractivity contribution in [2.75, 3.05) is 25.1 Å². The molecule has 1 atom stereocenters. The third-order valence-corrected chi connectivity index (χ3v) is 5.26. The fourth-order valence-electron chi connectivity index (χ4n) is 2.68. The van der Waals surface area contributed by atoms with Gasteiger partial charge in [-0.25, -0.2) is 4.99 Å². The van der Waals surface area contributed by atoms with Crippen LogP contribution in [0.1, 0.15) is 42.0 Å². The molecule has 0 aliphatic rings. The van der Waals surface area contributed by atoms with Crippen LogP contribution in [0.4, 0.5) is 0 Å². The minimum absolute atomic E-state index is 0.403. The summed E-state index contributed by atoms with van der Waals surface area (Å²) in [6.45, 7) is 8.56. The van der Waals surface area contributed by atoms with E-state index < -0.39 is 0 Å². The van der Waals surface area contributed by atoms with Crippen LogP contribution in [0.15, 0.2) is 29.3 Å². The molecule has 0 spiro atoms. The van der Waals surface area contributed by atoms with Gasteiger partial charge in [-0.15, -0.1) is 10.2 Å². The summed E-state index contributed by atoms with van der Waals surface area (Å²) in [7, 11) is 1.97. The van der Waals surface area contributed by atoms with Crippen LogP contribution >= 0.6 is 11.8 Å². The van der Waals surface area contributed by atoms with Crippen molar-refractivity contribution in [3.05, 3.63) is 47.0 Å². The zero-order valence-electron chi connectivity index (χ0n) is 17.1. The normalized spacial score (nSPS) is 12.9. The summed E-state index contributed by atoms with van der Waals surface area (Å²) in [6.07, 6.45) is 3.24. The molecule has 148 valence electrons. The van der Waals surface area contributed by atoms with Gasteiger partial charge in [-0.1, -0.05) is 36.8 Å². The number of thioether (sulfide) groups is 1. The number of guanidine groups is 1. The molecule has 2 N–H and O–H groups in total. The zero-order valence-corrected chi connectivity index (χ0v) is 17.9. The van der Waals surface area contributed by atoms with Crippen molar-refractivity contribution in [2.24, 2.45) is 12.0 Å². The van der Waals surface area contributed by atoms with Gasteiger partial charge < -0.3 is 15.2 Å². The molecule has 0 fully saturated rings. The Morgan fingerprint density at radius 1 is 1.26 bits per heavy atom. The first-order valence-electron chi connectivity index (χ1n) is 9.43. The van der Waals surface area contributed by atoms with E-state index in [2.05, 4.69) is 65.2 Å². The Morgan fingerprint density at radius 3 is 2.74 bits per heavy atom. The molecule has 0 aliphatic carbocycles. The van der Waals surface area contributed by atoms with Gasteiger partial charge in [0.1, 0.15) is 12.4 Å². The first-order chi connectivity index (χ1) is 13.0. The average molecular weight is 389 g/mol. The molecule has 0 saturated carbocycles. The number of rotatable bonds is 9. The van der Waals surface area contributed by atoms with Crippen LogP contribution < -0.4 is 10.6 Å². The number of hydrogen-bond acceptors (Lipinski definition) is 4. The second kappa shape index (κ2) is 11.0. The van der Waals surface area contributed by atoms with Crippen LogP contribution in [-0.2, 0) is 13.6 Å². The molecule has 2 aromatic rings. The average Bonchev–Trinajstić information content (AvgIpc) is 2.98. The summed E-state index contributed by atoms with van der Waals surface area (Å²) in [5, 5.41) is 15.2. The molecule has 1 heterocycles. The number of nitrogens with one attached hydrogen (secondary N) is 2. The largest absolute Gasteiger partial charge is 0.356 e. The Labute approximate surface area is 167 Å². The van der Waals surface area contributed by atoms with Crippen LogP contribution in [0.5, 0.6) is 0 Å². The van der Waals surface area contributed by atoms with Crippen molar-refractivity contribution >= 4 is 17.7 Å². The minimum atomic E-state index is 0.403. The summed E-state index contributed by atoms with van der Waals surface area (Å²) in [6, 6.07) is 8.68. The highest BCUT2D eigenvalue weighted by Gasteiger charge is 2.08. The molecule has 0 bridgehead atoms. The molecule has 1 aromatic heterocycles. The number of aliphatic imine (C=N–C) groups is 1. The van der Waals surface area contributed by atoms with Crippen LogP contribution in [0.3, 0.4) is 0 Å². The van der Waals surface area contributed by atoms with E-state index in [4.69, 9.17) is 4.99 Å². The summed E-state index contributed by atoms with van der Waals surface area (Å²) in [5.74, 6) is 4.14. The van der Waals surface area contributed by atoms with Gasteiger partial charge in [-0.3, -0.25) is 0 Å². The lowest BCUT2D eigenvalue weighted by molar-refractivity contribution is 0.688. The van der Waals surface area contributed by atoms with Crippen molar-refractivity contribution < 1.29 is 0 Å². The van der Waals surface area contributed by atoms with Crippen molar-refractivity contribution in [3.63, 3.8) is 0 Å². The number of hydrogen-bond donors (Lipinski definition) is 2. The second-order valence-corrected chi connectivity index (χ2v) is 7.84. The van der Waals surface area contributed by atoms with Gasteiger partial charge in [-0.05, 0) is 43.8 Å². The lowest BCUT2D eigenvalue weighted by Crippen LogP contribution is -2.39. The van der Waals surface area contributed by atoms with E-state index in [-0.39, 0.29) is 0 Å². The van der Waals surface area contributed by atoms with E-state index in [1.807, 2.05) is 30.3 Å². The highest BCUT2D eigenvalue weighted by molar-refractivity contribution is 7.98. The Morgan fingerprint density at radius 2 is 2.07 bits per heavy atom. The molecule has 0 radical (unpaired) electrons. The Hall–Kier alpha value is -2.02. The SMILES string of the molecule is CSCCCNC(=NCc1nnc(C)n1C)NCC(C)c1cccc(C)c1. The van der Waals surface area contributed by atoms with E-state index >= 15 is 0 Å². The Bertz CT molecular complexity index is 740. The van der Waals surface area contributed by atoms with Gasteiger partial charge in [0.25, 0.3) is 0 Å². The van der Waals surface area contributed by atoms with Gasteiger partial charge in [0.05, 0.1) is 0 Å². The molecule has 0 saturated heterocycles. The molecular formula is C20H32N6S. The van der Waals surface area contributed by atoms with Crippen molar-refractivity contribution in [1.82, 2.24) is 25.4 Å². The highest BCUT2D eigenvalue weighted by Crippen LogP contribution is 2.15. The first kappa shape index (κ1) is 21.3. The zero-order chi connectivity index (χ0) is 19.6. The number of benzene rings is 1.